The molecule has 1 amide bonds. The zero-order chi connectivity index (χ0) is 16.0. The average molecular weight is 379 g/mol. The molecular weight excluding hydrogens is 360 g/mol. The van der Waals surface area contributed by atoms with Crippen LogP contribution in [0.15, 0.2) is 27.6 Å². The van der Waals surface area contributed by atoms with E-state index in [0.717, 1.165) is 10.7 Å². The molecule has 0 heterocycles. The average Bonchev–Trinajstić information content (AvgIpc) is 2.44. The number of halogens is 1. The number of amides is 1. The summed E-state index contributed by atoms with van der Waals surface area (Å²) in [6.07, 6.45) is 0.799. The Morgan fingerprint density at radius 1 is 1.43 bits per heavy atom. The van der Waals surface area contributed by atoms with Crippen molar-refractivity contribution < 1.29 is 17.9 Å². The molecule has 0 aliphatic heterocycles. The SMILES string of the molecule is CCCNC(=O)CN(C)S(=O)(=O)c1ccc(OC)c(Br)c1. The number of likely N-dealkylation sites (N-methyl/N-ethyl adjacent to an activating group) is 1. The third-order valence-electron chi connectivity index (χ3n) is 2.77. The van der Waals surface area contributed by atoms with E-state index in [1.807, 2.05) is 6.92 Å². The van der Waals surface area contributed by atoms with Crippen molar-refractivity contribution >= 4 is 31.9 Å². The number of nitrogens with zero attached hydrogens (tertiary/aromatic N) is 1. The van der Waals surface area contributed by atoms with E-state index < -0.39 is 10.0 Å². The molecule has 0 saturated carbocycles. The molecular formula is C13H19BrN2O4S. The highest BCUT2D eigenvalue weighted by Gasteiger charge is 2.23. The second kappa shape index (κ2) is 7.77. The fourth-order valence-corrected chi connectivity index (χ4v) is 3.44. The highest BCUT2D eigenvalue weighted by molar-refractivity contribution is 9.10. The summed E-state index contributed by atoms with van der Waals surface area (Å²) in [6.45, 7) is 2.24. The summed E-state index contributed by atoms with van der Waals surface area (Å²) >= 11 is 3.25. The number of carbonyl (C=O) groups excluding carboxylic acids is 1. The van der Waals surface area contributed by atoms with Crippen LogP contribution in [0.3, 0.4) is 0 Å². The van der Waals surface area contributed by atoms with Gasteiger partial charge in [0.2, 0.25) is 15.9 Å². The maximum atomic E-state index is 12.4. The lowest BCUT2D eigenvalue weighted by Gasteiger charge is -2.17. The number of nitrogens with one attached hydrogen (secondary N) is 1. The molecule has 6 nitrogen and oxygen atoms in total. The first-order chi connectivity index (χ1) is 9.82. The molecule has 8 heteroatoms. The van der Waals surface area contributed by atoms with E-state index in [1.54, 1.807) is 6.07 Å². The van der Waals surface area contributed by atoms with Gasteiger partial charge in [-0.3, -0.25) is 4.79 Å². The summed E-state index contributed by atoms with van der Waals surface area (Å²) in [5, 5.41) is 2.64. The van der Waals surface area contributed by atoms with Crippen LogP contribution in [0.5, 0.6) is 5.75 Å². The summed E-state index contributed by atoms with van der Waals surface area (Å²) < 4.78 is 31.4. The molecule has 1 aromatic carbocycles. The van der Waals surface area contributed by atoms with Crippen LogP contribution in [0.1, 0.15) is 13.3 Å². The van der Waals surface area contributed by atoms with Crippen molar-refractivity contribution in [2.45, 2.75) is 18.2 Å². The molecule has 0 radical (unpaired) electrons. The molecule has 1 aromatic rings. The smallest absolute Gasteiger partial charge is 0.243 e. The lowest BCUT2D eigenvalue weighted by Crippen LogP contribution is -2.38. The molecule has 1 rings (SSSR count). The lowest BCUT2D eigenvalue weighted by molar-refractivity contribution is -0.121. The van der Waals surface area contributed by atoms with E-state index in [9.17, 15) is 13.2 Å². The molecule has 0 spiro atoms. The number of carbonyl (C=O) groups is 1. The van der Waals surface area contributed by atoms with Crippen LogP contribution >= 0.6 is 15.9 Å². The Labute approximate surface area is 133 Å². The van der Waals surface area contributed by atoms with Crippen LogP contribution in [-0.2, 0) is 14.8 Å². The summed E-state index contributed by atoms with van der Waals surface area (Å²) in [4.78, 5) is 11.7. The molecule has 0 aliphatic carbocycles. The first-order valence-corrected chi connectivity index (χ1v) is 8.62. The van der Waals surface area contributed by atoms with Gasteiger partial charge in [-0.25, -0.2) is 8.42 Å². The molecule has 0 fully saturated rings. The molecule has 0 aromatic heterocycles. The van der Waals surface area contributed by atoms with Crippen molar-refractivity contribution in [1.29, 1.82) is 0 Å². The predicted molar refractivity (Wildman–Crippen MR) is 83.8 cm³/mol. The van der Waals surface area contributed by atoms with Crippen LogP contribution in [0, 0.1) is 0 Å². The highest BCUT2D eigenvalue weighted by Crippen LogP contribution is 2.28. The van der Waals surface area contributed by atoms with E-state index in [1.165, 1.54) is 26.3 Å². The van der Waals surface area contributed by atoms with E-state index >= 15 is 0 Å². The molecule has 0 saturated heterocycles. The van der Waals surface area contributed by atoms with Crippen molar-refractivity contribution in [2.75, 3.05) is 27.2 Å². The number of hydrogen-bond acceptors (Lipinski definition) is 4. The normalized spacial score (nSPS) is 11.5. The largest absolute Gasteiger partial charge is 0.496 e. The monoisotopic (exact) mass is 378 g/mol. The van der Waals surface area contributed by atoms with Gasteiger partial charge in [0, 0.05) is 13.6 Å². The van der Waals surface area contributed by atoms with Gasteiger partial charge in [-0.1, -0.05) is 6.92 Å². The van der Waals surface area contributed by atoms with Crippen LogP contribution in [-0.4, -0.2) is 45.9 Å². The van der Waals surface area contributed by atoms with Gasteiger partial charge in [-0.15, -0.1) is 0 Å². The Morgan fingerprint density at radius 2 is 2.10 bits per heavy atom. The minimum Gasteiger partial charge on any atom is -0.496 e. The van der Waals surface area contributed by atoms with Gasteiger partial charge in [0.1, 0.15) is 5.75 Å². The van der Waals surface area contributed by atoms with Crippen molar-refractivity contribution in [2.24, 2.45) is 0 Å². The highest BCUT2D eigenvalue weighted by atomic mass is 79.9. The third-order valence-corrected chi connectivity index (χ3v) is 5.19. The Hall–Kier alpha value is -1.12. The fourth-order valence-electron chi connectivity index (χ4n) is 1.60. The number of benzene rings is 1. The van der Waals surface area contributed by atoms with Crippen LogP contribution in [0.25, 0.3) is 0 Å². The molecule has 0 unspecified atom stereocenters. The van der Waals surface area contributed by atoms with Gasteiger partial charge >= 0.3 is 0 Å². The van der Waals surface area contributed by atoms with Crippen LogP contribution in [0.2, 0.25) is 0 Å². The molecule has 0 bridgehead atoms. The number of sulfonamides is 1. The first-order valence-electron chi connectivity index (χ1n) is 6.39. The Balaban J connectivity index is 2.89. The molecule has 118 valence electrons. The zero-order valence-electron chi connectivity index (χ0n) is 12.2. The number of methoxy groups -OCH3 is 1. The van der Waals surface area contributed by atoms with Crippen molar-refractivity contribution in [3.8, 4) is 5.75 Å². The van der Waals surface area contributed by atoms with E-state index in [2.05, 4.69) is 21.2 Å². The standard InChI is InChI=1S/C13H19BrN2O4S/c1-4-7-15-13(17)9-16(2)21(18,19)10-5-6-12(20-3)11(14)8-10/h5-6,8H,4,7,9H2,1-3H3,(H,15,17). The van der Waals surface area contributed by atoms with E-state index in [4.69, 9.17) is 4.74 Å². The third kappa shape index (κ3) is 4.69. The molecule has 21 heavy (non-hydrogen) atoms. The zero-order valence-corrected chi connectivity index (χ0v) is 14.6. The number of rotatable bonds is 7. The molecule has 1 N–H and O–H groups in total. The second-order valence-corrected chi connectivity index (χ2v) is 7.31. The van der Waals surface area contributed by atoms with Gasteiger partial charge in [0.15, 0.2) is 0 Å². The van der Waals surface area contributed by atoms with Gasteiger partial charge in [0.25, 0.3) is 0 Å². The van der Waals surface area contributed by atoms with E-state index in [-0.39, 0.29) is 17.3 Å². The van der Waals surface area contributed by atoms with Gasteiger partial charge < -0.3 is 10.1 Å². The van der Waals surface area contributed by atoms with Crippen molar-refractivity contribution in [1.82, 2.24) is 9.62 Å². The minimum absolute atomic E-state index is 0.0981. The summed E-state index contributed by atoms with van der Waals surface area (Å²) in [5.41, 5.74) is 0. The Kier molecular flexibility index (Phi) is 6.63. The summed E-state index contributed by atoms with van der Waals surface area (Å²) in [6, 6.07) is 4.45. The fraction of sp³-hybridized carbons (Fsp3) is 0.462. The van der Waals surface area contributed by atoms with Crippen molar-refractivity contribution in [3.63, 3.8) is 0 Å². The Morgan fingerprint density at radius 3 is 2.62 bits per heavy atom. The minimum atomic E-state index is -3.72. The van der Waals surface area contributed by atoms with Gasteiger partial charge in [-0.05, 0) is 40.5 Å². The summed E-state index contributed by atoms with van der Waals surface area (Å²) in [7, 11) is -0.847. The van der Waals surface area contributed by atoms with Crippen LogP contribution < -0.4 is 10.1 Å². The van der Waals surface area contributed by atoms with Crippen LogP contribution in [0.4, 0.5) is 0 Å². The number of hydrogen-bond donors (Lipinski definition) is 1. The van der Waals surface area contributed by atoms with Gasteiger partial charge in [0.05, 0.1) is 23.0 Å². The topological polar surface area (TPSA) is 75.7 Å². The quantitative estimate of drug-likeness (QED) is 0.781. The predicted octanol–water partition coefficient (Wildman–Crippen LogP) is 1.60. The van der Waals surface area contributed by atoms with E-state index in [0.29, 0.717) is 16.8 Å². The number of ether oxygens (including phenoxy) is 1. The van der Waals surface area contributed by atoms with Gasteiger partial charge in [-0.2, -0.15) is 4.31 Å². The van der Waals surface area contributed by atoms with Crippen molar-refractivity contribution in [3.05, 3.63) is 22.7 Å². The maximum absolute atomic E-state index is 12.4. The second-order valence-electron chi connectivity index (χ2n) is 4.41. The maximum Gasteiger partial charge on any atom is 0.243 e. The first kappa shape index (κ1) is 17.9. The Bertz CT molecular complexity index is 604. The lowest BCUT2D eigenvalue weighted by atomic mass is 10.3. The summed E-state index contributed by atoms with van der Waals surface area (Å²) in [5.74, 6) is 0.216. The molecule has 0 atom stereocenters. The molecule has 0 aliphatic rings.